The molecule has 0 spiro atoms. The van der Waals surface area contributed by atoms with Gasteiger partial charge in [-0.1, -0.05) is 6.07 Å². The topological polar surface area (TPSA) is 95.6 Å². The molecule has 2 N–H and O–H groups in total. The average Bonchev–Trinajstić information content (AvgIpc) is 2.98. The number of nitrogens with one attached hydrogen (secondary N) is 2. The van der Waals surface area contributed by atoms with Crippen molar-refractivity contribution in [2.24, 2.45) is 5.92 Å². The number of Topliss-reactive ketones (excluding diaryl/α,β-unsaturated/α-hetero) is 1. The third kappa shape index (κ3) is 5.16. The molecule has 1 aromatic rings. The molecule has 7 nitrogen and oxygen atoms in total. The smallest absolute Gasteiger partial charge is 0.239 e. The fraction of sp³-hybridized carbons (Fsp3) is 0.538. The summed E-state index contributed by atoms with van der Waals surface area (Å²) in [5.41, 5.74) is 2.21. The van der Waals surface area contributed by atoms with E-state index in [9.17, 15) is 18.0 Å². The predicted molar refractivity (Wildman–Crippen MR) is 83.9 cm³/mol. The first kappa shape index (κ1) is 17.1. The second-order valence-corrected chi connectivity index (χ2v) is 8.03. The van der Waals surface area contributed by atoms with Gasteiger partial charge in [0.05, 0.1) is 23.6 Å². The van der Waals surface area contributed by atoms with Crippen LogP contribution in [-0.2, 0) is 14.8 Å². The molecule has 2 rings (SSSR count). The summed E-state index contributed by atoms with van der Waals surface area (Å²) < 4.78 is 22.0. The fourth-order valence-electron chi connectivity index (χ4n) is 2.38. The van der Waals surface area contributed by atoms with Crippen molar-refractivity contribution >= 4 is 33.1 Å². The van der Waals surface area contributed by atoms with E-state index in [0.717, 1.165) is 19.2 Å². The number of hydrogen-bond acceptors (Lipinski definition) is 6. The highest BCUT2D eigenvalue weighted by Gasteiger charge is 2.27. The molecule has 2 heterocycles. The molecule has 1 fully saturated rings. The van der Waals surface area contributed by atoms with Crippen LogP contribution in [0.15, 0.2) is 17.5 Å². The number of carbonyl (C=O) groups is 2. The van der Waals surface area contributed by atoms with Crippen molar-refractivity contribution in [1.82, 2.24) is 15.2 Å². The molecule has 122 valence electrons. The number of piperidine rings is 1. The Hall–Kier alpha value is -1.29. The molecule has 1 amide bonds. The minimum atomic E-state index is -3.47. The lowest BCUT2D eigenvalue weighted by Gasteiger charge is -2.31. The summed E-state index contributed by atoms with van der Waals surface area (Å²) >= 11 is 1.41. The van der Waals surface area contributed by atoms with Gasteiger partial charge < -0.3 is 0 Å². The summed E-state index contributed by atoms with van der Waals surface area (Å²) in [5, 5.41) is 1.86. The van der Waals surface area contributed by atoms with Crippen molar-refractivity contribution in [3.05, 3.63) is 22.4 Å². The quantitative estimate of drug-likeness (QED) is 0.568. The lowest BCUT2D eigenvalue weighted by Crippen LogP contribution is -2.49. The van der Waals surface area contributed by atoms with E-state index in [-0.39, 0.29) is 24.2 Å². The average molecular weight is 345 g/mol. The Labute approximate surface area is 133 Å². The van der Waals surface area contributed by atoms with Gasteiger partial charge in [0.15, 0.2) is 5.78 Å². The number of likely N-dealkylation sites (tertiary alicyclic amines) is 1. The van der Waals surface area contributed by atoms with Crippen molar-refractivity contribution in [3.8, 4) is 0 Å². The van der Waals surface area contributed by atoms with Crippen LogP contribution in [0.4, 0.5) is 0 Å². The summed E-state index contributed by atoms with van der Waals surface area (Å²) in [7, 11) is -3.47. The first-order valence-corrected chi connectivity index (χ1v) is 9.68. The van der Waals surface area contributed by atoms with Gasteiger partial charge in [-0.25, -0.2) is 8.42 Å². The van der Waals surface area contributed by atoms with E-state index in [1.807, 2.05) is 21.2 Å². The molecule has 0 aromatic carbocycles. The number of sulfonamides is 1. The van der Waals surface area contributed by atoms with Gasteiger partial charge in [0.25, 0.3) is 0 Å². The molecule has 1 atom stereocenters. The van der Waals surface area contributed by atoms with Gasteiger partial charge in [-0.2, -0.15) is 0 Å². The van der Waals surface area contributed by atoms with Crippen LogP contribution in [0.3, 0.4) is 0 Å². The van der Waals surface area contributed by atoms with Crippen LogP contribution in [-0.4, -0.2) is 50.9 Å². The molecular formula is C13H19N3O4S2. The van der Waals surface area contributed by atoms with E-state index in [1.54, 1.807) is 6.07 Å². The highest BCUT2D eigenvalue weighted by Crippen LogP contribution is 2.18. The minimum Gasteiger partial charge on any atom is -0.295 e. The largest absolute Gasteiger partial charge is 0.295 e. The standard InChI is InChI=1S/C13H19N3O4S2/c1-22(19,20)15-14-13(18)10-4-2-6-16(8-10)9-11(17)12-5-3-7-21-12/h3,5,7,10,15H,2,4,6,8-9H2,1H3,(H,14,18). The van der Waals surface area contributed by atoms with E-state index >= 15 is 0 Å². The summed E-state index contributed by atoms with van der Waals surface area (Å²) in [6, 6.07) is 3.62. The van der Waals surface area contributed by atoms with E-state index in [2.05, 4.69) is 5.43 Å². The summed E-state index contributed by atoms with van der Waals surface area (Å²) in [6.45, 7) is 1.50. The van der Waals surface area contributed by atoms with Gasteiger partial charge in [-0.15, -0.1) is 16.2 Å². The molecule has 0 aliphatic carbocycles. The Balaban J connectivity index is 1.86. The lowest BCUT2D eigenvalue weighted by molar-refractivity contribution is -0.127. The highest BCUT2D eigenvalue weighted by atomic mass is 32.2. The first-order valence-electron chi connectivity index (χ1n) is 6.91. The van der Waals surface area contributed by atoms with Crippen molar-refractivity contribution in [2.75, 3.05) is 25.9 Å². The number of nitrogens with zero attached hydrogens (tertiary/aromatic N) is 1. The molecule has 1 saturated heterocycles. The second-order valence-electron chi connectivity index (χ2n) is 5.34. The SMILES string of the molecule is CS(=O)(=O)NNC(=O)C1CCCN(CC(=O)c2cccs2)C1. The molecule has 1 aliphatic rings. The first-order chi connectivity index (χ1) is 10.3. The molecule has 1 unspecified atom stereocenters. The van der Waals surface area contributed by atoms with Crippen LogP contribution in [0.25, 0.3) is 0 Å². The van der Waals surface area contributed by atoms with Crippen LogP contribution < -0.4 is 10.3 Å². The van der Waals surface area contributed by atoms with Gasteiger partial charge in [0.2, 0.25) is 15.9 Å². The number of thiophene rings is 1. The van der Waals surface area contributed by atoms with E-state index < -0.39 is 10.0 Å². The third-order valence-corrected chi connectivity index (χ3v) is 4.78. The maximum absolute atomic E-state index is 12.1. The summed E-state index contributed by atoms with van der Waals surface area (Å²) in [4.78, 5) is 28.7. The molecule has 22 heavy (non-hydrogen) atoms. The number of hydrogen-bond donors (Lipinski definition) is 2. The zero-order valence-electron chi connectivity index (χ0n) is 12.2. The van der Waals surface area contributed by atoms with Crippen LogP contribution in [0, 0.1) is 5.92 Å². The van der Waals surface area contributed by atoms with Gasteiger partial charge >= 0.3 is 0 Å². The zero-order chi connectivity index (χ0) is 16.2. The van der Waals surface area contributed by atoms with Gasteiger partial charge in [-0.05, 0) is 30.8 Å². The summed E-state index contributed by atoms with van der Waals surface area (Å²) in [5.74, 6) is -0.636. The fourth-order valence-corrected chi connectivity index (χ4v) is 3.32. The van der Waals surface area contributed by atoms with Gasteiger partial charge in [0.1, 0.15) is 0 Å². The zero-order valence-corrected chi connectivity index (χ0v) is 13.9. The predicted octanol–water partition coefficient (Wildman–Crippen LogP) is 0.223. The van der Waals surface area contributed by atoms with E-state index in [4.69, 9.17) is 0 Å². The lowest BCUT2D eigenvalue weighted by atomic mass is 9.97. The van der Waals surface area contributed by atoms with Crippen molar-refractivity contribution in [3.63, 3.8) is 0 Å². The number of carbonyl (C=O) groups excluding carboxylic acids is 2. The number of amides is 1. The van der Waals surface area contributed by atoms with Gasteiger partial charge in [0, 0.05) is 6.54 Å². The van der Waals surface area contributed by atoms with Crippen molar-refractivity contribution < 1.29 is 18.0 Å². The molecule has 1 aromatic heterocycles. The monoisotopic (exact) mass is 345 g/mol. The Morgan fingerprint density at radius 2 is 2.23 bits per heavy atom. The van der Waals surface area contributed by atoms with Crippen molar-refractivity contribution in [2.45, 2.75) is 12.8 Å². The Kier molecular flexibility index (Phi) is 5.68. The normalized spacial score (nSPS) is 19.8. The maximum atomic E-state index is 12.1. The molecule has 0 saturated carbocycles. The molecule has 9 heteroatoms. The number of hydrazine groups is 1. The van der Waals surface area contributed by atoms with Crippen LogP contribution >= 0.6 is 11.3 Å². The summed E-state index contributed by atoms with van der Waals surface area (Å²) in [6.07, 6.45) is 2.45. The number of rotatable bonds is 6. The third-order valence-electron chi connectivity index (χ3n) is 3.40. The van der Waals surface area contributed by atoms with Crippen LogP contribution in [0.1, 0.15) is 22.5 Å². The number of ketones is 1. The maximum Gasteiger partial charge on any atom is 0.239 e. The van der Waals surface area contributed by atoms with E-state index in [1.165, 1.54) is 11.3 Å². The Bertz CT molecular complexity index is 628. The minimum absolute atomic E-state index is 0.0466. The Morgan fingerprint density at radius 1 is 1.45 bits per heavy atom. The van der Waals surface area contributed by atoms with Gasteiger partial charge in [-0.3, -0.25) is 19.9 Å². The van der Waals surface area contributed by atoms with E-state index in [0.29, 0.717) is 17.8 Å². The van der Waals surface area contributed by atoms with Crippen LogP contribution in [0.5, 0.6) is 0 Å². The Morgan fingerprint density at radius 3 is 2.86 bits per heavy atom. The van der Waals surface area contributed by atoms with Crippen LogP contribution in [0.2, 0.25) is 0 Å². The van der Waals surface area contributed by atoms with Crippen molar-refractivity contribution in [1.29, 1.82) is 0 Å². The highest BCUT2D eigenvalue weighted by molar-refractivity contribution is 7.88. The molecular weight excluding hydrogens is 326 g/mol. The molecule has 0 bridgehead atoms. The molecule has 1 aliphatic heterocycles. The molecule has 0 radical (unpaired) electrons. The second kappa shape index (κ2) is 7.32.